The molecule has 3 aliphatic heterocycles. The zero-order valence-corrected chi connectivity index (χ0v) is 19.2. The molecule has 2 aromatic rings. The van der Waals surface area contributed by atoms with Crippen molar-refractivity contribution in [1.29, 1.82) is 0 Å². The molecule has 178 valence electrons. The number of amides is 3. The van der Waals surface area contributed by atoms with Gasteiger partial charge in [-0.3, -0.25) is 15.0 Å². The molecule has 2 fully saturated rings. The number of imide groups is 1. The normalized spacial score (nSPS) is 23.1. The van der Waals surface area contributed by atoms with Gasteiger partial charge in [-0.15, -0.1) is 0 Å². The number of hydrogen-bond acceptors (Lipinski definition) is 6. The highest BCUT2D eigenvalue weighted by Gasteiger charge is 2.49. The van der Waals surface area contributed by atoms with Crippen LogP contribution >= 0.6 is 0 Å². The van der Waals surface area contributed by atoms with Gasteiger partial charge >= 0.3 is 6.03 Å². The first-order chi connectivity index (χ1) is 16.5. The van der Waals surface area contributed by atoms with Crippen LogP contribution in [0.15, 0.2) is 59.6 Å². The van der Waals surface area contributed by atoms with Crippen molar-refractivity contribution < 1.29 is 14.0 Å². The topological polar surface area (TPSA) is 71.5 Å². The number of benzene rings is 2. The second-order valence-corrected chi connectivity index (χ2v) is 9.01. The lowest BCUT2D eigenvalue weighted by Gasteiger charge is -2.40. The molecule has 0 spiro atoms. The number of fused-ring (bicyclic) bond motifs is 1. The maximum Gasteiger partial charge on any atom is 0.325 e. The minimum Gasteiger partial charge on any atom is -0.340 e. The van der Waals surface area contributed by atoms with Crippen molar-refractivity contribution in [3.05, 3.63) is 71.5 Å². The molecule has 3 heterocycles. The van der Waals surface area contributed by atoms with Crippen molar-refractivity contribution in [2.75, 3.05) is 39.8 Å². The summed E-state index contributed by atoms with van der Waals surface area (Å²) < 4.78 is 13.2. The van der Waals surface area contributed by atoms with Gasteiger partial charge in [-0.25, -0.2) is 14.2 Å². The third kappa shape index (κ3) is 4.48. The molecule has 0 radical (unpaired) electrons. The van der Waals surface area contributed by atoms with Gasteiger partial charge in [0.1, 0.15) is 5.82 Å². The Balaban J connectivity index is 1.30. The van der Waals surface area contributed by atoms with Crippen molar-refractivity contribution in [3.8, 4) is 0 Å². The van der Waals surface area contributed by atoms with E-state index in [0.717, 1.165) is 50.7 Å². The fraction of sp³-hybridized carbons (Fsp3) is 0.400. The van der Waals surface area contributed by atoms with Crippen molar-refractivity contribution in [2.24, 2.45) is 4.99 Å². The van der Waals surface area contributed by atoms with Crippen LogP contribution < -0.4 is 5.32 Å². The number of nitrogens with one attached hydrogen (secondary N) is 1. The van der Waals surface area contributed by atoms with E-state index in [1.807, 2.05) is 30.3 Å². The number of hydrogen-bond donors (Lipinski definition) is 1. The molecule has 1 N–H and O–H groups in total. The highest BCUT2D eigenvalue weighted by molar-refractivity contribution is 6.03. The maximum atomic E-state index is 13.2. The summed E-state index contributed by atoms with van der Waals surface area (Å²) in [4.78, 5) is 38.1. The summed E-state index contributed by atoms with van der Waals surface area (Å²) in [5, 5.41) is 2.47. The molecule has 0 bridgehead atoms. The molecule has 2 aromatic carbocycles. The monoisotopic (exact) mass is 464 g/mol. The molecule has 9 heteroatoms. The van der Waals surface area contributed by atoms with E-state index in [1.54, 1.807) is 7.05 Å². The summed E-state index contributed by atoms with van der Waals surface area (Å²) in [6.07, 6.45) is 0.253. The number of guanidine groups is 1. The van der Waals surface area contributed by atoms with Crippen LogP contribution in [0.25, 0.3) is 0 Å². The van der Waals surface area contributed by atoms with Crippen molar-refractivity contribution in [1.82, 2.24) is 24.9 Å². The lowest BCUT2D eigenvalue weighted by Crippen LogP contribution is -2.64. The SMILES string of the molecule is CN1C(=O)NC(=O)C2C1N=C(N1CCN(Cc3ccc(F)cc3)CC1)N2CCc1ccccc1. The average Bonchev–Trinajstić information content (AvgIpc) is 3.24. The van der Waals surface area contributed by atoms with E-state index in [2.05, 4.69) is 32.1 Å². The van der Waals surface area contributed by atoms with Gasteiger partial charge < -0.3 is 14.7 Å². The molecular weight excluding hydrogens is 435 g/mol. The highest BCUT2D eigenvalue weighted by Crippen LogP contribution is 2.26. The second kappa shape index (κ2) is 9.42. The minimum absolute atomic E-state index is 0.225. The lowest BCUT2D eigenvalue weighted by molar-refractivity contribution is -0.127. The zero-order valence-electron chi connectivity index (χ0n) is 19.2. The summed E-state index contributed by atoms with van der Waals surface area (Å²) in [7, 11) is 1.68. The number of urea groups is 1. The summed E-state index contributed by atoms with van der Waals surface area (Å²) in [6.45, 7) is 4.60. The van der Waals surface area contributed by atoms with Crippen LogP contribution in [0.5, 0.6) is 0 Å². The number of carbonyl (C=O) groups is 2. The Hall–Kier alpha value is -3.46. The largest absolute Gasteiger partial charge is 0.340 e. The predicted molar refractivity (Wildman–Crippen MR) is 126 cm³/mol. The van der Waals surface area contributed by atoms with E-state index in [4.69, 9.17) is 4.99 Å². The highest BCUT2D eigenvalue weighted by atomic mass is 19.1. The Morgan fingerprint density at radius 2 is 1.68 bits per heavy atom. The van der Waals surface area contributed by atoms with Gasteiger partial charge in [0.15, 0.2) is 18.2 Å². The smallest absolute Gasteiger partial charge is 0.325 e. The van der Waals surface area contributed by atoms with E-state index >= 15 is 0 Å². The standard InChI is InChI=1S/C25H29FN6O2/c1-29-22-21(23(33)28-25(29)34)32(12-11-18-5-3-2-4-6-18)24(27-22)31-15-13-30(14-16-31)17-19-7-9-20(26)10-8-19/h2-10,21-22H,11-17H2,1H3,(H,28,33,34). The Morgan fingerprint density at radius 1 is 0.971 bits per heavy atom. The van der Waals surface area contributed by atoms with Crippen LogP contribution in [0.2, 0.25) is 0 Å². The fourth-order valence-corrected chi connectivity index (χ4v) is 4.86. The van der Waals surface area contributed by atoms with E-state index < -0.39 is 18.2 Å². The Labute approximate surface area is 198 Å². The summed E-state index contributed by atoms with van der Waals surface area (Å²) in [6, 6.07) is 15.9. The van der Waals surface area contributed by atoms with Gasteiger partial charge in [0.2, 0.25) is 0 Å². The van der Waals surface area contributed by atoms with Gasteiger partial charge in [-0.2, -0.15) is 0 Å². The summed E-state index contributed by atoms with van der Waals surface area (Å²) >= 11 is 0. The molecule has 3 aliphatic rings. The molecular formula is C25H29FN6O2. The first-order valence-electron chi connectivity index (χ1n) is 11.7. The summed E-state index contributed by atoms with van der Waals surface area (Å²) in [5.41, 5.74) is 2.27. The molecule has 8 nitrogen and oxygen atoms in total. The van der Waals surface area contributed by atoms with Crippen LogP contribution in [-0.4, -0.2) is 89.5 Å². The summed E-state index contributed by atoms with van der Waals surface area (Å²) in [5.74, 6) is 0.260. The number of nitrogens with zero attached hydrogens (tertiary/aromatic N) is 5. The number of likely N-dealkylation sites (N-methyl/N-ethyl adjacent to an activating group) is 1. The van der Waals surface area contributed by atoms with E-state index in [0.29, 0.717) is 6.54 Å². The van der Waals surface area contributed by atoms with Crippen LogP contribution in [-0.2, 0) is 17.8 Å². The fourth-order valence-electron chi connectivity index (χ4n) is 4.86. The van der Waals surface area contributed by atoms with E-state index in [1.165, 1.54) is 22.6 Å². The number of rotatable bonds is 5. The molecule has 2 unspecified atom stereocenters. The third-order valence-corrected chi connectivity index (χ3v) is 6.80. The van der Waals surface area contributed by atoms with Crippen LogP contribution in [0.4, 0.5) is 9.18 Å². The van der Waals surface area contributed by atoms with E-state index in [-0.39, 0.29) is 11.7 Å². The Morgan fingerprint density at radius 3 is 2.38 bits per heavy atom. The van der Waals surface area contributed by atoms with Crippen molar-refractivity contribution in [3.63, 3.8) is 0 Å². The molecule has 0 aliphatic carbocycles. The second-order valence-electron chi connectivity index (χ2n) is 9.01. The molecule has 3 amide bonds. The first-order valence-corrected chi connectivity index (χ1v) is 11.7. The number of halogens is 1. The van der Waals surface area contributed by atoms with E-state index in [9.17, 15) is 14.0 Å². The molecule has 34 heavy (non-hydrogen) atoms. The number of carbonyl (C=O) groups excluding carboxylic acids is 2. The Bertz CT molecular complexity index is 1070. The average molecular weight is 465 g/mol. The zero-order chi connectivity index (χ0) is 23.7. The molecule has 2 atom stereocenters. The quantitative estimate of drug-likeness (QED) is 0.730. The first kappa shape index (κ1) is 22.3. The number of aliphatic imine (C=N–C) groups is 1. The van der Waals surface area contributed by atoms with Crippen molar-refractivity contribution in [2.45, 2.75) is 25.2 Å². The molecule has 0 aromatic heterocycles. The van der Waals surface area contributed by atoms with Gasteiger partial charge in [-0.05, 0) is 29.7 Å². The Kier molecular flexibility index (Phi) is 6.19. The molecule has 5 rings (SSSR count). The number of piperazine rings is 1. The minimum atomic E-state index is -0.529. The van der Waals surface area contributed by atoms with Crippen molar-refractivity contribution >= 4 is 17.9 Å². The van der Waals surface area contributed by atoms with Crippen LogP contribution in [0, 0.1) is 5.82 Å². The van der Waals surface area contributed by atoms with Gasteiger partial charge in [0, 0.05) is 46.3 Å². The lowest BCUT2D eigenvalue weighted by atomic mass is 10.1. The third-order valence-electron chi connectivity index (χ3n) is 6.80. The predicted octanol–water partition coefficient (Wildman–Crippen LogP) is 1.73. The van der Waals surface area contributed by atoms with Crippen LogP contribution in [0.3, 0.4) is 0 Å². The van der Waals surface area contributed by atoms with Crippen LogP contribution in [0.1, 0.15) is 11.1 Å². The maximum absolute atomic E-state index is 13.2. The van der Waals surface area contributed by atoms with Gasteiger partial charge in [-0.1, -0.05) is 42.5 Å². The van der Waals surface area contributed by atoms with Gasteiger partial charge in [0.05, 0.1) is 0 Å². The molecule has 2 saturated heterocycles. The van der Waals surface area contributed by atoms with Gasteiger partial charge in [0.25, 0.3) is 5.91 Å². The molecule has 0 saturated carbocycles.